The summed E-state index contributed by atoms with van der Waals surface area (Å²) in [5.74, 6) is 5.46. The van der Waals surface area contributed by atoms with Crippen LogP contribution in [0.5, 0.6) is 0 Å². The summed E-state index contributed by atoms with van der Waals surface area (Å²) in [6, 6.07) is 0. The summed E-state index contributed by atoms with van der Waals surface area (Å²) in [7, 11) is 0. The van der Waals surface area contributed by atoms with E-state index in [0.29, 0.717) is 18.8 Å². The van der Waals surface area contributed by atoms with Gasteiger partial charge in [-0.05, 0) is 44.4 Å². The van der Waals surface area contributed by atoms with Gasteiger partial charge in [-0.3, -0.25) is 15.1 Å². The third-order valence-electron chi connectivity index (χ3n) is 5.83. The van der Waals surface area contributed by atoms with E-state index < -0.39 is 4.87 Å². The Morgan fingerprint density at radius 1 is 1.26 bits per heavy atom. The van der Waals surface area contributed by atoms with E-state index in [-0.39, 0.29) is 11.3 Å². The fourth-order valence-electron chi connectivity index (χ4n) is 4.10. The maximum absolute atomic E-state index is 12.0. The Kier molecular flexibility index (Phi) is 4.97. The molecular formula is C16H28ClN5O. The fraction of sp³-hybridized carbons (Fsp3) is 0.875. The summed E-state index contributed by atoms with van der Waals surface area (Å²) in [5, 5.41) is 12.1. The Balaban J connectivity index is 1.72. The first kappa shape index (κ1) is 17.1. The Morgan fingerprint density at radius 2 is 1.87 bits per heavy atom. The molecule has 0 aromatic rings. The lowest BCUT2D eigenvalue weighted by Gasteiger charge is -2.46. The minimum Gasteiger partial charge on any atom is -0.314 e. The van der Waals surface area contributed by atoms with Gasteiger partial charge in [-0.25, -0.2) is 5.84 Å². The zero-order chi connectivity index (χ0) is 16.5. The second-order valence-electron chi connectivity index (χ2n) is 7.43. The summed E-state index contributed by atoms with van der Waals surface area (Å²) in [5.41, 5.74) is 3.01. The second-order valence-corrected chi connectivity index (χ2v) is 8.16. The maximum atomic E-state index is 12.0. The van der Waals surface area contributed by atoms with Crippen LogP contribution in [0, 0.1) is 16.7 Å². The monoisotopic (exact) mass is 341 g/mol. The fourth-order valence-corrected chi connectivity index (χ4v) is 4.34. The Bertz CT molecular complexity index is 465. The first-order valence-corrected chi connectivity index (χ1v) is 9.09. The second kappa shape index (κ2) is 6.67. The minimum atomic E-state index is -0.897. The number of nitrogens with two attached hydrogens (primary N) is 1. The number of nitrogens with one attached hydrogen (secondary N) is 3. The van der Waals surface area contributed by atoms with Crippen molar-refractivity contribution in [2.24, 2.45) is 17.2 Å². The van der Waals surface area contributed by atoms with Crippen molar-refractivity contribution < 1.29 is 4.79 Å². The van der Waals surface area contributed by atoms with Crippen molar-refractivity contribution in [3.63, 3.8) is 0 Å². The largest absolute Gasteiger partial charge is 0.314 e. The highest BCUT2D eigenvalue weighted by Crippen LogP contribution is 2.49. The predicted molar refractivity (Wildman–Crippen MR) is 91.6 cm³/mol. The normalized spacial score (nSPS) is 35.7. The van der Waals surface area contributed by atoms with E-state index in [2.05, 4.69) is 15.6 Å². The molecule has 1 aliphatic heterocycles. The van der Waals surface area contributed by atoms with E-state index >= 15 is 0 Å². The predicted octanol–water partition coefficient (Wildman–Crippen LogP) is 0.849. The Labute approximate surface area is 143 Å². The summed E-state index contributed by atoms with van der Waals surface area (Å²) in [4.78, 5) is 13.5. The molecule has 3 rings (SSSR count). The Morgan fingerprint density at radius 3 is 2.39 bits per heavy atom. The van der Waals surface area contributed by atoms with Gasteiger partial charge >= 0.3 is 0 Å². The minimum absolute atomic E-state index is 0.105. The molecule has 5 N–H and O–H groups in total. The van der Waals surface area contributed by atoms with Gasteiger partial charge in [0.15, 0.2) is 0 Å². The van der Waals surface area contributed by atoms with Crippen molar-refractivity contribution in [2.75, 3.05) is 32.7 Å². The molecule has 0 radical (unpaired) electrons. The zero-order valence-electron chi connectivity index (χ0n) is 13.7. The highest BCUT2D eigenvalue weighted by Gasteiger charge is 2.50. The van der Waals surface area contributed by atoms with E-state index in [9.17, 15) is 4.79 Å². The number of amides is 1. The van der Waals surface area contributed by atoms with Crippen LogP contribution in [0.3, 0.4) is 0 Å². The molecule has 7 heteroatoms. The molecule has 2 saturated carbocycles. The Hall–Kier alpha value is -0.690. The van der Waals surface area contributed by atoms with Crippen LogP contribution in [-0.4, -0.2) is 54.1 Å². The van der Waals surface area contributed by atoms with Gasteiger partial charge in [-0.15, -0.1) is 11.6 Å². The van der Waals surface area contributed by atoms with Crippen LogP contribution >= 0.6 is 11.6 Å². The first-order valence-electron chi connectivity index (χ1n) is 8.71. The molecule has 0 aromatic carbocycles. The summed E-state index contributed by atoms with van der Waals surface area (Å²) < 4.78 is 0. The maximum Gasteiger partial charge on any atom is 0.255 e. The average molecular weight is 342 g/mol. The van der Waals surface area contributed by atoms with Gasteiger partial charge in [-0.1, -0.05) is 0 Å². The van der Waals surface area contributed by atoms with Crippen molar-refractivity contribution in [2.45, 2.75) is 43.4 Å². The molecule has 0 spiro atoms. The lowest BCUT2D eigenvalue weighted by atomic mass is 9.65. The molecule has 130 valence electrons. The molecule has 0 atom stereocenters. The lowest BCUT2D eigenvalue weighted by molar-refractivity contribution is -0.125. The molecule has 6 nitrogen and oxygen atoms in total. The van der Waals surface area contributed by atoms with Gasteiger partial charge < -0.3 is 10.7 Å². The van der Waals surface area contributed by atoms with Crippen molar-refractivity contribution in [1.82, 2.24) is 15.6 Å². The number of hydrogen-bond acceptors (Lipinski definition) is 5. The van der Waals surface area contributed by atoms with Gasteiger partial charge in [0, 0.05) is 43.9 Å². The zero-order valence-corrected chi connectivity index (χ0v) is 14.4. The van der Waals surface area contributed by atoms with Crippen LogP contribution in [0.2, 0.25) is 0 Å². The van der Waals surface area contributed by atoms with Crippen molar-refractivity contribution in [3.05, 3.63) is 0 Å². The molecule has 0 unspecified atom stereocenters. The van der Waals surface area contributed by atoms with E-state index in [4.69, 9.17) is 22.9 Å². The third kappa shape index (κ3) is 3.55. The van der Waals surface area contributed by atoms with E-state index in [1.807, 2.05) is 0 Å². The highest BCUT2D eigenvalue weighted by atomic mass is 35.5. The summed E-state index contributed by atoms with van der Waals surface area (Å²) in [6.07, 6.45) is 5.11. The number of hydrogen-bond donors (Lipinski definition) is 4. The number of nitrogens with zero attached hydrogens (tertiary/aromatic N) is 1. The van der Waals surface area contributed by atoms with Gasteiger partial charge in [-0.2, -0.15) is 0 Å². The molecule has 2 aliphatic carbocycles. The van der Waals surface area contributed by atoms with Crippen LogP contribution in [0.25, 0.3) is 0 Å². The molecule has 0 aromatic heterocycles. The van der Waals surface area contributed by atoms with Crippen molar-refractivity contribution >= 4 is 23.2 Å². The number of carbonyl (C=O) groups excluding carboxylic acids is 1. The number of rotatable bonds is 5. The topological polar surface area (TPSA) is 94.2 Å². The molecule has 1 amide bonds. The third-order valence-corrected chi connectivity index (χ3v) is 6.38. The molecule has 1 heterocycles. The molecule has 0 bridgehead atoms. The SMILES string of the molecule is N=C(C1CC1)C1(CN2CCNCC2)CCC(Cl)(C(=O)NN)CC1. The number of carbonyl (C=O) groups is 1. The van der Waals surface area contributed by atoms with Crippen LogP contribution in [0.15, 0.2) is 0 Å². The van der Waals surface area contributed by atoms with Gasteiger partial charge in [0.1, 0.15) is 4.87 Å². The first-order chi connectivity index (χ1) is 11.0. The van der Waals surface area contributed by atoms with Crippen LogP contribution in [0.1, 0.15) is 38.5 Å². The van der Waals surface area contributed by atoms with Crippen molar-refractivity contribution in [3.8, 4) is 0 Å². The quantitative estimate of drug-likeness (QED) is 0.196. The molecule has 23 heavy (non-hydrogen) atoms. The van der Waals surface area contributed by atoms with Crippen molar-refractivity contribution in [1.29, 1.82) is 5.41 Å². The number of piperazine rings is 1. The standard InChI is InChI=1S/C16H28ClN5O/c17-16(14(23)21-19)5-3-15(4-6-16,13(18)12-1-2-12)11-22-9-7-20-8-10-22/h12,18,20H,1-11,19H2,(H,21,23). The molecule has 3 aliphatic rings. The highest BCUT2D eigenvalue weighted by molar-refractivity contribution is 6.34. The number of halogens is 1. The summed E-state index contributed by atoms with van der Waals surface area (Å²) >= 11 is 6.51. The number of hydrazine groups is 1. The lowest BCUT2D eigenvalue weighted by Crippen LogP contribution is -2.55. The van der Waals surface area contributed by atoms with Gasteiger partial charge in [0.05, 0.1) is 0 Å². The number of alkyl halides is 1. The molecular weight excluding hydrogens is 314 g/mol. The van der Waals surface area contributed by atoms with Gasteiger partial charge in [0.2, 0.25) is 0 Å². The van der Waals surface area contributed by atoms with E-state index in [1.54, 1.807) is 0 Å². The molecule has 3 fully saturated rings. The summed E-state index contributed by atoms with van der Waals surface area (Å²) in [6.45, 7) is 5.04. The van der Waals surface area contributed by atoms with Gasteiger partial charge in [0.25, 0.3) is 5.91 Å². The van der Waals surface area contributed by atoms with E-state index in [1.165, 1.54) is 0 Å². The van der Waals surface area contributed by atoms with Crippen LogP contribution in [0.4, 0.5) is 0 Å². The van der Waals surface area contributed by atoms with E-state index in [0.717, 1.165) is 64.1 Å². The van der Waals surface area contributed by atoms with Crippen LogP contribution < -0.4 is 16.6 Å². The average Bonchev–Trinajstić information content (AvgIpc) is 3.42. The smallest absolute Gasteiger partial charge is 0.255 e. The molecule has 1 saturated heterocycles. The van der Waals surface area contributed by atoms with Crippen LogP contribution in [-0.2, 0) is 4.79 Å².